The molecular weight excluding hydrogens is 136 g/mol. The van der Waals surface area contributed by atoms with Crippen LogP contribution >= 0.6 is 0 Å². The van der Waals surface area contributed by atoms with Crippen molar-refractivity contribution in [3.05, 3.63) is 18.0 Å². The van der Waals surface area contributed by atoms with E-state index in [0.717, 1.165) is 18.2 Å². The van der Waals surface area contributed by atoms with Gasteiger partial charge in [-0.2, -0.15) is 5.10 Å². The zero-order chi connectivity index (χ0) is 7.68. The highest BCUT2D eigenvalue weighted by Crippen LogP contribution is 2.27. The lowest BCUT2D eigenvalue weighted by molar-refractivity contribution is 0.266. The van der Waals surface area contributed by atoms with Crippen LogP contribution in [0, 0.1) is 12.8 Å². The highest BCUT2D eigenvalue weighted by atomic mass is 15.3. The molecule has 0 bridgehead atoms. The monoisotopic (exact) mass is 150 g/mol. The van der Waals surface area contributed by atoms with E-state index >= 15 is 0 Å². The van der Waals surface area contributed by atoms with Crippen LogP contribution in [-0.2, 0) is 6.54 Å². The van der Waals surface area contributed by atoms with Gasteiger partial charge in [0.15, 0.2) is 0 Å². The van der Waals surface area contributed by atoms with Gasteiger partial charge in [-0.1, -0.05) is 6.42 Å². The van der Waals surface area contributed by atoms with Crippen LogP contribution in [0.5, 0.6) is 0 Å². The van der Waals surface area contributed by atoms with E-state index in [2.05, 4.69) is 22.0 Å². The van der Waals surface area contributed by atoms with Crippen molar-refractivity contribution >= 4 is 0 Å². The molecule has 0 saturated heterocycles. The van der Waals surface area contributed by atoms with Crippen LogP contribution in [0.1, 0.15) is 25.0 Å². The maximum atomic E-state index is 4.35. The minimum Gasteiger partial charge on any atom is -0.272 e. The van der Waals surface area contributed by atoms with Gasteiger partial charge in [0.05, 0.1) is 5.69 Å². The van der Waals surface area contributed by atoms with Crippen LogP contribution in [-0.4, -0.2) is 9.78 Å². The van der Waals surface area contributed by atoms with Gasteiger partial charge < -0.3 is 0 Å². The van der Waals surface area contributed by atoms with Crippen LogP contribution in [0.25, 0.3) is 0 Å². The van der Waals surface area contributed by atoms with Gasteiger partial charge in [-0.15, -0.1) is 0 Å². The summed E-state index contributed by atoms with van der Waals surface area (Å²) in [5.74, 6) is 0.911. The molecule has 1 heterocycles. The Morgan fingerprint density at radius 2 is 2.45 bits per heavy atom. The molecule has 2 rings (SSSR count). The molecule has 0 atom stereocenters. The van der Waals surface area contributed by atoms with Crippen LogP contribution in [0.3, 0.4) is 0 Å². The maximum Gasteiger partial charge on any atom is 0.0593 e. The summed E-state index contributed by atoms with van der Waals surface area (Å²) < 4.78 is 2.07. The van der Waals surface area contributed by atoms with Gasteiger partial charge in [0.1, 0.15) is 0 Å². The zero-order valence-electron chi connectivity index (χ0n) is 6.95. The number of aryl methyl sites for hydroxylation is 1. The van der Waals surface area contributed by atoms with Gasteiger partial charge in [-0.05, 0) is 31.7 Å². The second-order valence-corrected chi connectivity index (χ2v) is 3.48. The number of nitrogens with zero attached hydrogens (tertiary/aromatic N) is 2. The number of aromatic nitrogens is 2. The van der Waals surface area contributed by atoms with E-state index in [1.807, 2.05) is 6.92 Å². The van der Waals surface area contributed by atoms with E-state index < -0.39 is 0 Å². The molecule has 0 aliphatic heterocycles. The minimum atomic E-state index is 0.911. The molecule has 0 radical (unpaired) electrons. The summed E-state index contributed by atoms with van der Waals surface area (Å²) in [5.41, 5.74) is 1.13. The van der Waals surface area contributed by atoms with E-state index in [1.165, 1.54) is 19.3 Å². The molecule has 60 valence electrons. The van der Waals surface area contributed by atoms with E-state index in [9.17, 15) is 0 Å². The van der Waals surface area contributed by atoms with Crippen molar-refractivity contribution in [3.63, 3.8) is 0 Å². The summed E-state index contributed by atoms with van der Waals surface area (Å²) >= 11 is 0. The molecule has 2 nitrogen and oxygen atoms in total. The molecule has 2 heteroatoms. The Hall–Kier alpha value is -0.790. The van der Waals surface area contributed by atoms with Gasteiger partial charge in [-0.3, -0.25) is 4.68 Å². The first-order valence-corrected chi connectivity index (χ1v) is 4.34. The Labute approximate surface area is 67.2 Å². The number of hydrogen-bond donors (Lipinski definition) is 0. The highest BCUT2D eigenvalue weighted by Gasteiger charge is 2.17. The highest BCUT2D eigenvalue weighted by molar-refractivity contribution is 4.95. The SMILES string of the molecule is Cc1ccn(CC2CCC2)n1. The molecule has 0 spiro atoms. The average Bonchev–Trinajstić information content (AvgIpc) is 2.27. The van der Waals surface area contributed by atoms with Crippen molar-refractivity contribution in [2.24, 2.45) is 5.92 Å². The first kappa shape index (κ1) is 6.89. The molecule has 1 aromatic heterocycles. The lowest BCUT2D eigenvalue weighted by Gasteiger charge is -2.24. The Morgan fingerprint density at radius 3 is 2.91 bits per heavy atom. The number of rotatable bonds is 2. The topological polar surface area (TPSA) is 17.8 Å². The van der Waals surface area contributed by atoms with Crippen molar-refractivity contribution in [2.75, 3.05) is 0 Å². The molecule has 1 aromatic rings. The second kappa shape index (κ2) is 2.68. The van der Waals surface area contributed by atoms with E-state index in [4.69, 9.17) is 0 Å². The summed E-state index contributed by atoms with van der Waals surface area (Å²) in [6, 6.07) is 2.07. The Bertz CT molecular complexity index is 235. The van der Waals surface area contributed by atoms with Crippen molar-refractivity contribution in [3.8, 4) is 0 Å². The molecule has 0 amide bonds. The Kier molecular flexibility index (Phi) is 1.68. The third-order valence-corrected chi connectivity index (χ3v) is 2.44. The molecule has 11 heavy (non-hydrogen) atoms. The van der Waals surface area contributed by atoms with Crippen molar-refractivity contribution in [1.82, 2.24) is 9.78 Å². The van der Waals surface area contributed by atoms with Crippen molar-refractivity contribution in [1.29, 1.82) is 0 Å². The molecule has 0 N–H and O–H groups in total. The largest absolute Gasteiger partial charge is 0.272 e. The maximum absolute atomic E-state index is 4.35. The van der Waals surface area contributed by atoms with Crippen molar-refractivity contribution < 1.29 is 0 Å². The fourth-order valence-corrected chi connectivity index (χ4v) is 1.50. The standard InChI is InChI=1S/C9H14N2/c1-8-5-6-11(10-8)7-9-3-2-4-9/h5-6,9H,2-4,7H2,1H3. The zero-order valence-corrected chi connectivity index (χ0v) is 6.95. The van der Waals surface area contributed by atoms with Crippen molar-refractivity contribution in [2.45, 2.75) is 32.7 Å². The fourth-order valence-electron chi connectivity index (χ4n) is 1.50. The molecule has 1 aliphatic carbocycles. The molecular formula is C9H14N2. The lowest BCUT2D eigenvalue weighted by atomic mass is 9.85. The summed E-state index contributed by atoms with van der Waals surface area (Å²) in [6.07, 6.45) is 6.30. The third-order valence-electron chi connectivity index (χ3n) is 2.44. The lowest BCUT2D eigenvalue weighted by Crippen LogP contribution is -2.18. The van der Waals surface area contributed by atoms with Crippen LogP contribution in [0.15, 0.2) is 12.3 Å². The van der Waals surface area contributed by atoms with Gasteiger partial charge in [-0.25, -0.2) is 0 Å². The predicted molar refractivity (Wildman–Crippen MR) is 44.3 cm³/mol. The van der Waals surface area contributed by atoms with Gasteiger partial charge in [0.25, 0.3) is 0 Å². The van der Waals surface area contributed by atoms with E-state index in [0.29, 0.717) is 0 Å². The quantitative estimate of drug-likeness (QED) is 0.630. The molecule has 1 fully saturated rings. The molecule has 0 aromatic carbocycles. The van der Waals surface area contributed by atoms with Gasteiger partial charge >= 0.3 is 0 Å². The average molecular weight is 150 g/mol. The minimum absolute atomic E-state index is 0.911. The number of hydrogen-bond acceptors (Lipinski definition) is 1. The van der Waals surface area contributed by atoms with Crippen LogP contribution in [0.4, 0.5) is 0 Å². The molecule has 1 aliphatic rings. The summed E-state index contributed by atoms with van der Waals surface area (Å²) in [7, 11) is 0. The van der Waals surface area contributed by atoms with Crippen LogP contribution in [0.2, 0.25) is 0 Å². The summed E-state index contributed by atoms with van der Waals surface area (Å²) in [4.78, 5) is 0. The third kappa shape index (κ3) is 1.44. The fraction of sp³-hybridized carbons (Fsp3) is 0.667. The van der Waals surface area contributed by atoms with Gasteiger partial charge in [0.2, 0.25) is 0 Å². The first-order valence-electron chi connectivity index (χ1n) is 4.34. The van der Waals surface area contributed by atoms with Crippen LogP contribution < -0.4 is 0 Å². The van der Waals surface area contributed by atoms with Gasteiger partial charge in [0, 0.05) is 12.7 Å². The van der Waals surface area contributed by atoms with E-state index in [-0.39, 0.29) is 0 Å². The summed E-state index contributed by atoms with van der Waals surface area (Å²) in [6.45, 7) is 3.17. The predicted octanol–water partition coefficient (Wildman–Crippen LogP) is 1.99. The normalized spacial score (nSPS) is 18.3. The molecule has 1 saturated carbocycles. The second-order valence-electron chi connectivity index (χ2n) is 3.48. The molecule has 0 unspecified atom stereocenters. The Morgan fingerprint density at radius 1 is 1.64 bits per heavy atom. The van der Waals surface area contributed by atoms with E-state index in [1.54, 1.807) is 0 Å². The smallest absolute Gasteiger partial charge is 0.0593 e. The summed E-state index contributed by atoms with van der Waals surface area (Å²) in [5, 5.41) is 4.35. The first-order chi connectivity index (χ1) is 5.34. The Balaban J connectivity index is 1.95.